The molecule has 0 heterocycles. The normalized spacial score (nSPS) is 8.88. The summed E-state index contributed by atoms with van der Waals surface area (Å²) in [5.74, 6) is 0. The Morgan fingerprint density at radius 3 is 1.12 bits per heavy atom. The van der Waals surface area contributed by atoms with E-state index in [9.17, 15) is 0 Å². The van der Waals surface area contributed by atoms with Crippen LogP contribution in [-0.2, 0) is 39.0 Å². The molecule has 0 bridgehead atoms. The molecule has 4 aromatic carbocycles. The van der Waals surface area contributed by atoms with Crippen LogP contribution in [0, 0.1) is 13.8 Å². The first-order valence-corrected chi connectivity index (χ1v) is 12.7. The monoisotopic (exact) mass is 557 g/mol. The van der Waals surface area contributed by atoms with E-state index in [2.05, 4.69) is 124 Å². The Morgan fingerprint density at radius 1 is 0.562 bits per heavy atom. The molecule has 0 atom stereocenters. The average Bonchev–Trinajstić information content (AvgIpc) is 3.33. The summed E-state index contributed by atoms with van der Waals surface area (Å²) in [7, 11) is 0.750. The molecule has 0 aromatic heterocycles. The average molecular weight is 560 g/mol. The third-order valence-electron chi connectivity index (χ3n) is 4.78. The van der Waals surface area contributed by atoms with Crippen LogP contribution in [0.1, 0.15) is 33.4 Å². The standard InChI is InChI=1S/2C13H13.C2H7Si.2ClH.Zr/c2*1-11-6-5-9-13(11)10-12-7-3-2-4-8-12;1-3-2;;;/h2*2-9H,10H2,1H3;3H,1-2H3;2*1H;/q2*-1;;;;+4/p-2. The van der Waals surface area contributed by atoms with Gasteiger partial charge in [-0.15, -0.1) is 0 Å². The van der Waals surface area contributed by atoms with Gasteiger partial charge in [-0.25, -0.2) is 24.3 Å². The molecular weight excluding hydrogens is 527 g/mol. The Hall–Kier alpha value is -1.18. The largest absolute Gasteiger partial charge is 4.00 e. The van der Waals surface area contributed by atoms with E-state index in [1.54, 1.807) is 0 Å². The Morgan fingerprint density at radius 2 is 0.875 bits per heavy atom. The van der Waals surface area contributed by atoms with Gasteiger partial charge >= 0.3 is 26.2 Å². The molecule has 4 rings (SSSR count). The van der Waals surface area contributed by atoms with E-state index in [1.807, 2.05) is 0 Å². The zero-order valence-electron chi connectivity index (χ0n) is 19.5. The molecule has 0 aliphatic rings. The topological polar surface area (TPSA) is 0 Å². The molecule has 4 heteroatoms. The van der Waals surface area contributed by atoms with Crippen molar-refractivity contribution in [2.45, 2.75) is 39.8 Å². The molecule has 0 fully saturated rings. The summed E-state index contributed by atoms with van der Waals surface area (Å²) >= 11 is 0. The van der Waals surface area contributed by atoms with E-state index in [1.165, 1.54) is 33.4 Å². The van der Waals surface area contributed by atoms with Crippen molar-refractivity contribution < 1.29 is 51.0 Å². The first-order chi connectivity index (χ1) is 14.1. The van der Waals surface area contributed by atoms with Gasteiger partial charge < -0.3 is 24.8 Å². The summed E-state index contributed by atoms with van der Waals surface area (Å²) in [6, 6.07) is 34.1. The smallest absolute Gasteiger partial charge is 1.00 e. The van der Waals surface area contributed by atoms with Gasteiger partial charge in [0.15, 0.2) is 0 Å². The van der Waals surface area contributed by atoms with Crippen LogP contribution in [0.3, 0.4) is 0 Å². The maximum Gasteiger partial charge on any atom is 4.00 e. The van der Waals surface area contributed by atoms with E-state index in [-0.39, 0.29) is 51.0 Å². The summed E-state index contributed by atoms with van der Waals surface area (Å²) in [5.41, 5.74) is 8.43. The molecule has 167 valence electrons. The second kappa shape index (κ2) is 19.3. The van der Waals surface area contributed by atoms with Gasteiger partial charge in [0, 0.05) is 9.52 Å². The molecule has 0 nitrogen and oxygen atoms in total. The molecule has 0 aliphatic heterocycles. The molecule has 32 heavy (non-hydrogen) atoms. The summed E-state index contributed by atoms with van der Waals surface area (Å²) in [5, 5.41) is 0. The van der Waals surface area contributed by atoms with Crippen molar-refractivity contribution in [3.05, 3.63) is 130 Å². The fourth-order valence-electron chi connectivity index (χ4n) is 3.12. The maximum atomic E-state index is 2.21. The Labute approximate surface area is 229 Å². The Bertz CT molecular complexity index is 853. The molecule has 0 unspecified atom stereocenters. The van der Waals surface area contributed by atoms with Crippen molar-refractivity contribution in [2.75, 3.05) is 0 Å². The molecule has 0 saturated carbocycles. The second-order valence-electron chi connectivity index (χ2n) is 7.37. The minimum Gasteiger partial charge on any atom is -1.00 e. The summed E-state index contributed by atoms with van der Waals surface area (Å²) < 4.78 is 0. The quantitative estimate of drug-likeness (QED) is 0.260. The van der Waals surface area contributed by atoms with Crippen LogP contribution in [-0.4, -0.2) is 9.52 Å². The van der Waals surface area contributed by atoms with Crippen LogP contribution >= 0.6 is 0 Å². The van der Waals surface area contributed by atoms with E-state index >= 15 is 0 Å². The van der Waals surface area contributed by atoms with Crippen LogP contribution in [0.2, 0.25) is 13.1 Å². The predicted octanol–water partition coefficient (Wildman–Crippen LogP) is 1.13. The van der Waals surface area contributed by atoms with Crippen LogP contribution in [0.5, 0.6) is 0 Å². The summed E-state index contributed by atoms with van der Waals surface area (Å²) in [4.78, 5) is 0. The third kappa shape index (κ3) is 12.2. The van der Waals surface area contributed by atoms with Crippen LogP contribution in [0.25, 0.3) is 0 Å². The molecule has 0 N–H and O–H groups in total. The van der Waals surface area contributed by atoms with Gasteiger partial charge in [0.2, 0.25) is 0 Å². The number of aryl methyl sites for hydroxylation is 2. The number of benzene rings is 2. The van der Waals surface area contributed by atoms with E-state index in [0.29, 0.717) is 0 Å². The second-order valence-corrected chi connectivity index (χ2v) is 8.52. The Kier molecular flexibility index (Phi) is 19.9. The van der Waals surface area contributed by atoms with Crippen molar-refractivity contribution in [1.29, 1.82) is 0 Å². The maximum absolute atomic E-state index is 2.21. The van der Waals surface area contributed by atoms with Crippen molar-refractivity contribution >= 4 is 9.52 Å². The molecule has 1 radical (unpaired) electrons. The summed E-state index contributed by atoms with van der Waals surface area (Å²) in [6.45, 7) is 8.75. The fraction of sp³-hybridized carbons (Fsp3) is 0.214. The molecule has 0 amide bonds. The fourth-order valence-corrected chi connectivity index (χ4v) is 3.12. The number of hydrogen-bond donors (Lipinski definition) is 0. The molecule has 0 spiro atoms. The van der Waals surface area contributed by atoms with Crippen LogP contribution in [0.4, 0.5) is 0 Å². The van der Waals surface area contributed by atoms with E-state index in [0.717, 1.165) is 22.4 Å². The number of hydrogen-bond acceptors (Lipinski definition) is 0. The van der Waals surface area contributed by atoms with Gasteiger partial charge in [-0.1, -0.05) is 98.7 Å². The van der Waals surface area contributed by atoms with Crippen molar-refractivity contribution in [2.24, 2.45) is 0 Å². The minimum atomic E-state index is 0. The van der Waals surface area contributed by atoms with Crippen molar-refractivity contribution in [3.8, 4) is 0 Å². The van der Waals surface area contributed by atoms with E-state index in [4.69, 9.17) is 0 Å². The van der Waals surface area contributed by atoms with Gasteiger partial charge in [0.25, 0.3) is 0 Å². The molecular formula is C28H33Cl2SiZr. The molecule has 0 aliphatic carbocycles. The van der Waals surface area contributed by atoms with Crippen LogP contribution < -0.4 is 24.8 Å². The van der Waals surface area contributed by atoms with Crippen molar-refractivity contribution in [1.82, 2.24) is 0 Å². The van der Waals surface area contributed by atoms with Crippen molar-refractivity contribution in [3.63, 3.8) is 0 Å². The zero-order valence-corrected chi connectivity index (χ0v) is 24.6. The Balaban J connectivity index is 0. The van der Waals surface area contributed by atoms with Gasteiger partial charge in [-0.3, -0.25) is 0 Å². The third-order valence-corrected chi connectivity index (χ3v) is 4.78. The zero-order chi connectivity index (χ0) is 20.9. The molecule has 4 aromatic rings. The van der Waals surface area contributed by atoms with Gasteiger partial charge in [0.05, 0.1) is 0 Å². The van der Waals surface area contributed by atoms with Crippen LogP contribution in [0.15, 0.2) is 97.1 Å². The minimum absolute atomic E-state index is 0. The SMILES string of the molecule is C[SiH]C.Cc1ccc[c-]1Cc1ccccc1.Cc1ccc[c-]1Cc1ccccc1.[Cl-].[Cl-].[Zr+4]. The summed E-state index contributed by atoms with van der Waals surface area (Å²) in [6.07, 6.45) is 2.11. The number of halogens is 2. The van der Waals surface area contributed by atoms with Gasteiger partial charge in [0.1, 0.15) is 0 Å². The predicted molar refractivity (Wildman–Crippen MR) is 131 cm³/mol. The first kappa shape index (κ1) is 33.0. The van der Waals surface area contributed by atoms with Gasteiger partial charge in [-0.2, -0.15) is 34.4 Å². The number of rotatable bonds is 4. The van der Waals surface area contributed by atoms with E-state index < -0.39 is 0 Å². The first-order valence-electron chi connectivity index (χ1n) is 10.4. The molecule has 0 saturated heterocycles. The van der Waals surface area contributed by atoms with Gasteiger partial charge in [-0.05, 0) is 12.8 Å².